The Hall–Kier alpha value is -1.69. The summed E-state index contributed by atoms with van der Waals surface area (Å²) in [6, 6.07) is 2.37. The Morgan fingerprint density at radius 1 is 1.48 bits per heavy atom. The summed E-state index contributed by atoms with van der Waals surface area (Å²) in [4.78, 5) is 10.2. The van der Waals surface area contributed by atoms with Gasteiger partial charge in [0.1, 0.15) is 6.10 Å². The summed E-state index contributed by atoms with van der Waals surface area (Å²) >= 11 is 0. The highest BCUT2D eigenvalue weighted by Crippen LogP contribution is 2.48. The van der Waals surface area contributed by atoms with Crippen molar-refractivity contribution in [3.8, 4) is 5.75 Å². The Morgan fingerprint density at radius 3 is 2.57 bits per heavy atom. The van der Waals surface area contributed by atoms with Gasteiger partial charge in [0, 0.05) is 23.4 Å². The minimum absolute atomic E-state index is 0.0553. The number of hydrogen-bond acceptors (Lipinski definition) is 4. The van der Waals surface area contributed by atoms with Crippen molar-refractivity contribution < 1.29 is 14.1 Å². The van der Waals surface area contributed by atoms with Gasteiger partial charge in [0.2, 0.25) is 0 Å². The number of ether oxygens (including phenoxy) is 1. The summed E-state index contributed by atoms with van der Waals surface area (Å²) in [6.45, 7) is 5.68. The largest absolute Gasteiger partial charge is 0.487 e. The fourth-order valence-corrected chi connectivity index (χ4v) is 3.26. The third-order valence-corrected chi connectivity index (χ3v) is 4.88. The summed E-state index contributed by atoms with van der Waals surface area (Å²) in [5.41, 5.74) is 6.11. The van der Waals surface area contributed by atoms with Gasteiger partial charge in [-0.2, -0.15) is 0 Å². The number of nitro benzene ring substituents is 1. The van der Waals surface area contributed by atoms with E-state index in [4.69, 9.17) is 10.5 Å². The summed E-state index contributed by atoms with van der Waals surface area (Å²) in [6.07, 6.45) is 2.26. The fraction of sp³-hybridized carbons (Fsp3) is 0.600. The Bertz CT molecular complexity index is 558. The maximum atomic E-state index is 14.0. The van der Waals surface area contributed by atoms with Crippen LogP contribution in [0.2, 0.25) is 0 Å². The molecule has 0 heterocycles. The maximum Gasteiger partial charge on any atom is 0.275 e. The molecule has 0 saturated heterocycles. The van der Waals surface area contributed by atoms with E-state index in [1.807, 2.05) is 0 Å². The van der Waals surface area contributed by atoms with Gasteiger partial charge in [-0.3, -0.25) is 10.1 Å². The van der Waals surface area contributed by atoms with Gasteiger partial charge in [0.05, 0.1) is 11.0 Å². The predicted octanol–water partition coefficient (Wildman–Crippen LogP) is 3.33. The van der Waals surface area contributed by atoms with E-state index in [9.17, 15) is 14.5 Å². The lowest BCUT2D eigenvalue weighted by Gasteiger charge is -2.53. The van der Waals surface area contributed by atoms with Gasteiger partial charge in [-0.15, -0.1) is 0 Å². The van der Waals surface area contributed by atoms with E-state index >= 15 is 0 Å². The fourth-order valence-electron chi connectivity index (χ4n) is 3.26. The normalized spacial score (nSPS) is 23.5. The molecule has 1 aromatic rings. The second-order valence-corrected chi connectivity index (χ2v) is 5.72. The van der Waals surface area contributed by atoms with Crippen LogP contribution in [0.4, 0.5) is 10.1 Å². The van der Waals surface area contributed by atoms with Crippen LogP contribution >= 0.6 is 0 Å². The third kappa shape index (κ3) is 2.48. The highest BCUT2D eigenvalue weighted by atomic mass is 19.1. The van der Waals surface area contributed by atoms with Crippen molar-refractivity contribution in [1.82, 2.24) is 0 Å². The minimum atomic E-state index is -0.700. The molecule has 1 saturated carbocycles. The molecule has 1 aliphatic rings. The van der Waals surface area contributed by atoms with Crippen molar-refractivity contribution in [2.75, 3.05) is 0 Å². The molecule has 6 heteroatoms. The summed E-state index contributed by atoms with van der Waals surface area (Å²) in [5, 5.41) is 10.8. The molecule has 0 aliphatic heterocycles. The molecule has 2 rings (SSSR count). The molecule has 0 bridgehead atoms. The quantitative estimate of drug-likeness (QED) is 0.667. The topological polar surface area (TPSA) is 78.4 Å². The van der Waals surface area contributed by atoms with Crippen LogP contribution in [0.15, 0.2) is 12.1 Å². The first-order valence-electron chi connectivity index (χ1n) is 7.22. The van der Waals surface area contributed by atoms with E-state index in [0.29, 0.717) is 12.0 Å². The third-order valence-electron chi connectivity index (χ3n) is 4.88. The van der Waals surface area contributed by atoms with E-state index in [1.165, 1.54) is 6.07 Å². The van der Waals surface area contributed by atoms with Crippen molar-refractivity contribution >= 4 is 5.69 Å². The van der Waals surface area contributed by atoms with Crippen molar-refractivity contribution in [1.29, 1.82) is 0 Å². The summed E-state index contributed by atoms with van der Waals surface area (Å²) in [7, 11) is 0. The molecule has 1 aromatic carbocycles. The van der Waals surface area contributed by atoms with Crippen LogP contribution in [-0.2, 0) is 0 Å². The lowest BCUT2D eigenvalue weighted by atomic mass is 9.59. The monoisotopic (exact) mass is 296 g/mol. The number of rotatable bonds is 5. The molecule has 0 radical (unpaired) electrons. The first-order valence-corrected chi connectivity index (χ1v) is 7.22. The maximum absolute atomic E-state index is 14.0. The lowest BCUT2D eigenvalue weighted by molar-refractivity contribution is -0.385. The highest BCUT2D eigenvalue weighted by Gasteiger charge is 2.52. The van der Waals surface area contributed by atoms with Crippen molar-refractivity contribution in [2.45, 2.75) is 52.2 Å². The predicted molar refractivity (Wildman–Crippen MR) is 77.8 cm³/mol. The van der Waals surface area contributed by atoms with Crippen LogP contribution < -0.4 is 10.5 Å². The number of aryl methyl sites for hydroxylation is 1. The van der Waals surface area contributed by atoms with Crippen LogP contribution in [0.25, 0.3) is 0 Å². The molecule has 1 aliphatic carbocycles. The number of nitro groups is 1. The standard InChI is InChI=1S/C15H21FN2O3/c1-4-15(5-2)13(17)8-14(15)21-12-6-9(3)11(18(19)20)7-10(12)16/h6-7,13-14H,4-5,8,17H2,1-3H3. The first kappa shape index (κ1) is 15.7. The number of nitrogens with two attached hydrogens (primary N) is 1. The van der Waals surface area contributed by atoms with Gasteiger partial charge in [0.15, 0.2) is 11.6 Å². The van der Waals surface area contributed by atoms with Crippen molar-refractivity contribution in [2.24, 2.45) is 11.1 Å². The zero-order valence-corrected chi connectivity index (χ0v) is 12.6. The molecule has 116 valence electrons. The molecule has 21 heavy (non-hydrogen) atoms. The SMILES string of the molecule is CCC1(CC)C(N)CC1Oc1cc(C)c([N+](=O)[O-])cc1F. The molecule has 0 aromatic heterocycles. The summed E-state index contributed by atoms with van der Waals surface area (Å²) < 4.78 is 19.8. The number of benzene rings is 1. The van der Waals surface area contributed by atoms with E-state index in [-0.39, 0.29) is 29.0 Å². The second-order valence-electron chi connectivity index (χ2n) is 5.72. The highest BCUT2D eigenvalue weighted by molar-refractivity contribution is 5.45. The van der Waals surface area contributed by atoms with E-state index in [2.05, 4.69) is 13.8 Å². The van der Waals surface area contributed by atoms with Gasteiger partial charge in [-0.05, 0) is 25.8 Å². The lowest BCUT2D eigenvalue weighted by Crippen LogP contribution is -2.63. The Labute approximate surface area is 123 Å². The average molecular weight is 296 g/mol. The van der Waals surface area contributed by atoms with Crippen LogP contribution in [0.1, 0.15) is 38.7 Å². The number of halogens is 1. The van der Waals surface area contributed by atoms with Gasteiger partial charge in [-0.25, -0.2) is 4.39 Å². The Balaban J connectivity index is 2.25. The van der Waals surface area contributed by atoms with Gasteiger partial charge < -0.3 is 10.5 Å². The number of hydrogen-bond donors (Lipinski definition) is 1. The van der Waals surface area contributed by atoms with E-state index in [1.54, 1.807) is 6.92 Å². The van der Waals surface area contributed by atoms with Crippen LogP contribution in [-0.4, -0.2) is 17.1 Å². The molecule has 0 amide bonds. The van der Waals surface area contributed by atoms with Crippen molar-refractivity contribution in [3.63, 3.8) is 0 Å². The molecule has 2 N–H and O–H groups in total. The zero-order chi connectivity index (χ0) is 15.8. The molecule has 0 spiro atoms. The molecular weight excluding hydrogens is 275 g/mol. The molecule has 5 nitrogen and oxygen atoms in total. The van der Waals surface area contributed by atoms with Crippen LogP contribution in [0, 0.1) is 28.3 Å². The van der Waals surface area contributed by atoms with Gasteiger partial charge in [-0.1, -0.05) is 13.8 Å². The Kier molecular flexibility index (Phi) is 4.18. The Morgan fingerprint density at radius 2 is 2.10 bits per heavy atom. The van der Waals surface area contributed by atoms with E-state index < -0.39 is 10.7 Å². The van der Waals surface area contributed by atoms with Gasteiger partial charge in [0.25, 0.3) is 5.69 Å². The smallest absolute Gasteiger partial charge is 0.275 e. The average Bonchev–Trinajstić information content (AvgIpc) is 2.43. The molecule has 2 atom stereocenters. The molecular formula is C15H21FN2O3. The number of nitrogens with zero attached hydrogens (tertiary/aromatic N) is 1. The van der Waals surface area contributed by atoms with Gasteiger partial charge >= 0.3 is 0 Å². The van der Waals surface area contributed by atoms with Crippen molar-refractivity contribution in [3.05, 3.63) is 33.6 Å². The minimum Gasteiger partial charge on any atom is -0.487 e. The summed E-state index contributed by atoms with van der Waals surface area (Å²) in [5.74, 6) is -0.629. The molecule has 1 fully saturated rings. The van der Waals surface area contributed by atoms with Crippen LogP contribution in [0.3, 0.4) is 0 Å². The zero-order valence-electron chi connectivity index (χ0n) is 12.6. The van der Waals surface area contributed by atoms with E-state index in [0.717, 1.165) is 18.9 Å². The molecule has 2 unspecified atom stereocenters. The second kappa shape index (κ2) is 5.60. The first-order chi connectivity index (χ1) is 9.85. The van der Waals surface area contributed by atoms with Crippen LogP contribution in [0.5, 0.6) is 5.75 Å².